The monoisotopic (exact) mass is 271 g/mol. The molecule has 0 aliphatic heterocycles. The van der Waals surface area contributed by atoms with Crippen molar-refractivity contribution in [2.75, 3.05) is 25.0 Å². The Morgan fingerprint density at radius 2 is 2.11 bits per heavy atom. The quantitative estimate of drug-likeness (QED) is 0.725. The summed E-state index contributed by atoms with van der Waals surface area (Å²) < 4.78 is 0. The van der Waals surface area contributed by atoms with E-state index in [1.807, 2.05) is 6.20 Å². The Labute approximate surface area is 114 Å². The second kappa shape index (κ2) is 8.45. The third-order valence-electron chi connectivity index (χ3n) is 3.09. The SMILES string of the molecule is CCNc1ncc(CN(CCO)C(CC)CC)s1. The van der Waals surface area contributed by atoms with Gasteiger partial charge in [-0.25, -0.2) is 4.98 Å². The van der Waals surface area contributed by atoms with E-state index in [0.29, 0.717) is 6.04 Å². The van der Waals surface area contributed by atoms with Crippen molar-refractivity contribution in [3.63, 3.8) is 0 Å². The normalized spacial score (nSPS) is 11.4. The van der Waals surface area contributed by atoms with Gasteiger partial charge in [0.15, 0.2) is 5.13 Å². The van der Waals surface area contributed by atoms with Gasteiger partial charge in [0.25, 0.3) is 0 Å². The molecule has 2 N–H and O–H groups in total. The molecule has 0 unspecified atom stereocenters. The third kappa shape index (κ3) is 4.55. The molecule has 0 aromatic carbocycles. The predicted octanol–water partition coefficient (Wildman–Crippen LogP) is 2.56. The molecule has 1 heterocycles. The van der Waals surface area contributed by atoms with Crippen LogP contribution in [0.2, 0.25) is 0 Å². The van der Waals surface area contributed by atoms with Crippen LogP contribution < -0.4 is 5.32 Å². The molecule has 0 spiro atoms. The fourth-order valence-electron chi connectivity index (χ4n) is 2.14. The predicted molar refractivity (Wildman–Crippen MR) is 78.1 cm³/mol. The number of thiazole rings is 1. The Morgan fingerprint density at radius 3 is 2.67 bits per heavy atom. The summed E-state index contributed by atoms with van der Waals surface area (Å²) in [7, 11) is 0. The van der Waals surface area contributed by atoms with Gasteiger partial charge >= 0.3 is 0 Å². The van der Waals surface area contributed by atoms with Crippen LogP contribution in [-0.2, 0) is 6.54 Å². The highest BCUT2D eigenvalue weighted by Crippen LogP contribution is 2.21. The van der Waals surface area contributed by atoms with Crippen LogP contribution in [0.1, 0.15) is 38.5 Å². The molecule has 0 aliphatic rings. The molecule has 0 bridgehead atoms. The van der Waals surface area contributed by atoms with Gasteiger partial charge in [0.1, 0.15) is 0 Å². The summed E-state index contributed by atoms with van der Waals surface area (Å²) in [6, 6.07) is 0.543. The molecule has 1 aromatic rings. The molecule has 1 aromatic heterocycles. The van der Waals surface area contributed by atoms with Crippen molar-refractivity contribution in [1.29, 1.82) is 0 Å². The summed E-state index contributed by atoms with van der Waals surface area (Å²) in [6.07, 6.45) is 4.18. The van der Waals surface area contributed by atoms with Gasteiger partial charge in [-0.1, -0.05) is 13.8 Å². The minimum atomic E-state index is 0.218. The van der Waals surface area contributed by atoms with Crippen molar-refractivity contribution in [3.05, 3.63) is 11.1 Å². The number of aliphatic hydroxyl groups is 1. The maximum atomic E-state index is 9.18. The number of anilines is 1. The van der Waals surface area contributed by atoms with Crippen molar-refractivity contribution in [2.24, 2.45) is 0 Å². The van der Waals surface area contributed by atoms with Crippen molar-refractivity contribution in [2.45, 2.75) is 46.2 Å². The van der Waals surface area contributed by atoms with Crippen molar-refractivity contribution in [1.82, 2.24) is 9.88 Å². The fourth-order valence-corrected chi connectivity index (χ4v) is 3.04. The number of hydrogen-bond acceptors (Lipinski definition) is 5. The lowest BCUT2D eigenvalue weighted by molar-refractivity contribution is 0.137. The molecule has 0 radical (unpaired) electrons. The Balaban J connectivity index is 2.63. The van der Waals surface area contributed by atoms with Crippen molar-refractivity contribution in [3.8, 4) is 0 Å². The molecule has 0 amide bonds. The molecular weight excluding hydrogens is 246 g/mol. The van der Waals surface area contributed by atoms with Gasteiger partial charge in [-0.15, -0.1) is 11.3 Å². The summed E-state index contributed by atoms with van der Waals surface area (Å²) in [5.74, 6) is 0. The topological polar surface area (TPSA) is 48.4 Å². The molecule has 0 fully saturated rings. The first-order valence-corrected chi connectivity index (χ1v) is 7.60. The molecule has 5 heteroatoms. The lowest BCUT2D eigenvalue weighted by Crippen LogP contribution is -2.35. The zero-order valence-electron chi connectivity index (χ0n) is 11.6. The fraction of sp³-hybridized carbons (Fsp3) is 0.769. The van der Waals surface area contributed by atoms with Gasteiger partial charge in [-0.3, -0.25) is 4.90 Å². The number of hydrogen-bond donors (Lipinski definition) is 2. The molecule has 104 valence electrons. The largest absolute Gasteiger partial charge is 0.395 e. The van der Waals surface area contributed by atoms with Crippen LogP contribution in [-0.4, -0.2) is 40.7 Å². The lowest BCUT2D eigenvalue weighted by atomic mass is 10.1. The van der Waals surface area contributed by atoms with E-state index in [1.165, 1.54) is 4.88 Å². The first-order valence-electron chi connectivity index (χ1n) is 6.78. The Bertz CT molecular complexity index is 326. The van der Waals surface area contributed by atoms with Gasteiger partial charge in [0.05, 0.1) is 6.61 Å². The second-order valence-electron chi connectivity index (χ2n) is 4.33. The van der Waals surface area contributed by atoms with Crippen LogP contribution in [0, 0.1) is 0 Å². The van der Waals surface area contributed by atoms with Crippen LogP contribution in [0.5, 0.6) is 0 Å². The molecule has 1 rings (SSSR count). The molecule has 0 aliphatic carbocycles. The standard InChI is InChI=1S/C13H25N3OS/c1-4-11(5-2)16(7-8-17)10-12-9-15-13(18-12)14-6-3/h9,11,17H,4-8,10H2,1-3H3,(H,14,15). The Hall–Kier alpha value is -0.650. The summed E-state index contributed by atoms with van der Waals surface area (Å²) in [5.41, 5.74) is 0. The lowest BCUT2D eigenvalue weighted by Gasteiger charge is -2.29. The average Bonchev–Trinajstić information content (AvgIpc) is 2.79. The second-order valence-corrected chi connectivity index (χ2v) is 5.44. The number of aliphatic hydroxyl groups excluding tert-OH is 1. The molecule has 0 atom stereocenters. The number of aromatic nitrogens is 1. The zero-order chi connectivity index (χ0) is 13.4. The van der Waals surface area contributed by atoms with E-state index in [2.05, 4.69) is 36.0 Å². The van der Waals surface area contributed by atoms with Crippen molar-refractivity contribution >= 4 is 16.5 Å². The number of nitrogens with zero attached hydrogens (tertiary/aromatic N) is 2. The van der Waals surface area contributed by atoms with Crippen LogP contribution in [0.15, 0.2) is 6.20 Å². The molecule has 0 saturated carbocycles. The van der Waals surface area contributed by atoms with E-state index >= 15 is 0 Å². The molecule has 18 heavy (non-hydrogen) atoms. The minimum absolute atomic E-state index is 0.218. The summed E-state index contributed by atoms with van der Waals surface area (Å²) in [5, 5.41) is 13.4. The van der Waals surface area contributed by atoms with Crippen LogP contribution in [0.25, 0.3) is 0 Å². The highest BCUT2D eigenvalue weighted by atomic mass is 32.1. The average molecular weight is 271 g/mol. The highest BCUT2D eigenvalue weighted by Gasteiger charge is 2.16. The maximum Gasteiger partial charge on any atom is 0.182 e. The molecular formula is C13H25N3OS. The smallest absolute Gasteiger partial charge is 0.182 e. The van der Waals surface area contributed by atoms with E-state index in [9.17, 15) is 5.11 Å². The van der Waals surface area contributed by atoms with Crippen LogP contribution >= 0.6 is 11.3 Å². The van der Waals surface area contributed by atoms with Gasteiger partial charge in [0.2, 0.25) is 0 Å². The van der Waals surface area contributed by atoms with Gasteiger partial charge in [-0.2, -0.15) is 0 Å². The summed E-state index contributed by atoms with van der Waals surface area (Å²) >= 11 is 1.70. The summed E-state index contributed by atoms with van der Waals surface area (Å²) in [4.78, 5) is 7.95. The number of rotatable bonds is 9. The highest BCUT2D eigenvalue weighted by molar-refractivity contribution is 7.15. The van der Waals surface area contributed by atoms with E-state index < -0.39 is 0 Å². The number of nitrogens with one attached hydrogen (secondary N) is 1. The third-order valence-corrected chi connectivity index (χ3v) is 4.03. The van der Waals surface area contributed by atoms with Crippen molar-refractivity contribution < 1.29 is 5.11 Å². The minimum Gasteiger partial charge on any atom is -0.395 e. The first-order chi connectivity index (χ1) is 8.74. The zero-order valence-corrected chi connectivity index (χ0v) is 12.5. The molecule has 0 saturated heterocycles. The van der Waals surface area contributed by atoms with E-state index in [-0.39, 0.29) is 6.61 Å². The Kier molecular flexibility index (Phi) is 7.23. The van der Waals surface area contributed by atoms with Gasteiger partial charge in [0, 0.05) is 36.8 Å². The van der Waals surface area contributed by atoms with Crippen LogP contribution in [0.3, 0.4) is 0 Å². The first kappa shape index (κ1) is 15.4. The molecule has 4 nitrogen and oxygen atoms in total. The Morgan fingerprint density at radius 1 is 1.39 bits per heavy atom. The van der Waals surface area contributed by atoms with E-state index in [1.54, 1.807) is 11.3 Å². The van der Waals surface area contributed by atoms with Crippen LogP contribution in [0.4, 0.5) is 5.13 Å². The van der Waals surface area contributed by atoms with Gasteiger partial charge < -0.3 is 10.4 Å². The van der Waals surface area contributed by atoms with E-state index in [0.717, 1.165) is 37.6 Å². The maximum absolute atomic E-state index is 9.18. The van der Waals surface area contributed by atoms with Gasteiger partial charge in [-0.05, 0) is 19.8 Å². The summed E-state index contributed by atoms with van der Waals surface area (Å²) in [6.45, 7) is 9.22. The van der Waals surface area contributed by atoms with E-state index in [4.69, 9.17) is 0 Å².